The van der Waals surface area contributed by atoms with E-state index in [1.54, 1.807) is 12.3 Å². The monoisotopic (exact) mass is 438 g/mol. The summed E-state index contributed by atoms with van der Waals surface area (Å²) < 4.78 is 0. The number of nitrogen functional groups attached to an aromatic ring is 1. The topological polar surface area (TPSA) is 123 Å². The van der Waals surface area contributed by atoms with Crippen LogP contribution in [0.5, 0.6) is 0 Å². The van der Waals surface area contributed by atoms with Gasteiger partial charge in [0.1, 0.15) is 0 Å². The molecule has 0 aliphatic rings. The van der Waals surface area contributed by atoms with E-state index in [1.807, 2.05) is 54.6 Å². The molecule has 2 aromatic heterocycles. The van der Waals surface area contributed by atoms with Gasteiger partial charge in [0.2, 0.25) is 0 Å². The average molecular weight is 438 g/mol. The Balaban J connectivity index is 1.54. The fourth-order valence-corrected chi connectivity index (χ4v) is 3.38. The summed E-state index contributed by atoms with van der Waals surface area (Å²) in [6, 6.07) is 19.6. The molecule has 164 valence electrons. The molecule has 4 N–H and O–H groups in total. The number of nitrogens with one attached hydrogen (secondary N) is 2. The van der Waals surface area contributed by atoms with Gasteiger partial charge in [0.05, 0.1) is 17.5 Å². The van der Waals surface area contributed by atoms with Crippen molar-refractivity contribution in [3.63, 3.8) is 0 Å². The normalized spacial score (nSPS) is 10.5. The molecule has 0 saturated carbocycles. The summed E-state index contributed by atoms with van der Waals surface area (Å²) >= 11 is 0. The third kappa shape index (κ3) is 4.85. The van der Waals surface area contributed by atoms with Gasteiger partial charge < -0.3 is 16.4 Å². The zero-order chi connectivity index (χ0) is 23.2. The zero-order valence-electron chi connectivity index (χ0n) is 17.9. The third-order valence-corrected chi connectivity index (χ3v) is 5.08. The molecule has 0 unspecified atom stereocenters. The van der Waals surface area contributed by atoms with Crippen molar-refractivity contribution in [3.05, 3.63) is 96.1 Å². The van der Waals surface area contributed by atoms with Crippen molar-refractivity contribution >= 4 is 17.6 Å². The van der Waals surface area contributed by atoms with Crippen LogP contribution in [0.15, 0.2) is 79.3 Å². The summed E-state index contributed by atoms with van der Waals surface area (Å²) in [7, 11) is 1.48. The highest BCUT2D eigenvalue weighted by Gasteiger charge is 2.15. The van der Waals surface area contributed by atoms with Gasteiger partial charge in [0, 0.05) is 31.5 Å². The highest BCUT2D eigenvalue weighted by atomic mass is 16.2. The van der Waals surface area contributed by atoms with E-state index >= 15 is 0 Å². The van der Waals surface area contributed by atoms with E-state index in [2.05, 4.69) is 25.6 Å². The fraction of sp³-hybridized carbons (Fsp3) is 0.0800. The number of pyridine rings is 1. The largest absolute Gasteiger partial charge is 0.382 e. The number of aromatic nitrogens is 3. The van der Waals surface area contributed by atoms with E-state index in [0.717, 1.165) is 16.7 Å². The molecule has 0 spiro atoms. The van der Waals surface area contributed by atoms with Crippen LogP contribution in [0.4, 0.5) is 5.82 Å². The standard InChI is InChI=1S/C25H22N6O2/c1-27-25(33)22-23(26)29-15-21(31-22)18-11-19(13-28-12-18)24(32)30-14-17-9-5-6-10-20(17)16-7-3-2-4-8-16/h2-13,15H,14H2,1H3,(H2,26,29)(H,27,33)(H,30,32). The van der Waals surface area contributed by atoms with Gasteiger partial charge in [-0.15, -0.1) is 0 Å². The molecule has 8 heteroatoms. The maximum absolute atomic E-state index is 12.9. The molecule has 4 aromatic rings. The molecular weight excluding hydrogens is 416 g/mol. The molecule has 4 rings (SSSR count). The number of hydrogen-bond donors (Lipinski definition) is 3. The number of nitrogens with two attached hydrogens (primary N) is 1. The van der Waals surface area contributed by atoms with Gasteiger partial charge >= 0.3 is 0 Å². The SMILES string of the molecule is CNC(=O)c1nc(-c2cncc(C(=O)NCc3ccccc3-c3ccccc3)c2)cnc1N. The first-order chi connectivity index (χ1) is 16.1. The Morgan fingerprint density at radius 2 is 1.67 bits per heavy atom. The molecule has 33 heavy (non-hydrogen) atoms. The van der Waals surface area contributed by atoms with Crippen LogP contribution in [0.25, 0.3) is 22.4 Å². The molecule has 0 saturated heterocycles. The first-order valence-electron chi connectivity index (χ1n) is 10.3. The molecule has 0 fully saturated rings. The van der Waals surface area contributed by atoms with Gasteiger partial charge in [0.15, 0.2) is 11.5 Å². The maximum atomic E-state index is 12.9. The molecule has 0 radical (unpaired) electrons. The summed E-state index contributed by atoms with van der Waals surface area (Å²) in [4.78, 5) is 37.3. The Morgan fingerprint density at radius 1 is 0.909 bits per heavy atom. The number of amides is 2. The van der Waals surface area contributed by atoms with Crippen molar-refractivity contribution < 1.29 is 9.59 Å². The van der Waals surface area contributed by atoms with Crippen LogP contribution in [0, 0.1) is 0 Å². The second-order valence-corrected chi connectivity index (χ2v) is 7.24. The quantitative estimate of drug-likeness (QED) is 0.425. The smallest absolute Gasteiger partial charge is 0.273 e. The second-order valence-electron chi connectivity index (χ2n) is 7.24. The Bertz CT molecular complexity index is 1310. The van der Waals surface area contributed by atoms with Crippen LogP contribution < -0.4 is 16.4 Å². The van der Waals surface area contributed by atoms with Gasteiger partial charge in [-0.2, -0.15) is 0 Å². The number of anilines is 1. The van der Waals surface area contributed by atoms with E-state index < -0.39 is 5.91 Å². The Labute approximate surface area is 190 Å². The molecule has 2 amide bonds. The van der Waals surface area contributed by atoms with Crippen molar-refractivity contribution in [1.82, 2.24) is 25.6 Å². The second kappa shape index (κ2) is 9.69. The molecule has 0 aliphatic carbocycles. The minimum absolute atomic E-state index is 0.0161. The average Bonchev–Trinajstić information content (AvgIpc) is 2.88. The van der Waals surface area contributed by atoms with Crippen LogP contribution in [0.2, 0.25) is 0 Å². The summed E-state index contributed by atoms with van der Waals surface area (Å²) in [5, 5.41) is 5.43. The minimum atomic E-state index is -0.444. The summed E-state index contributed by atoms with van der Waals surface area (Å²) in [6.45, 7) is 0.358. The number of benzene rings is 2. The number of carbonyl (C=O) groups is 2. The summed E-state index contributed by atoms with van der Waals surface area (Å²) in [5.74, 6) is -0.694. The van der Waals surface area contributed by atoms with Crippen LogP contribution in [0.3, 0.4) is 0 Å². The Hall–Kier alpha value is -4.59. The number of carbonyl (C=O) groups excluding carboxylic acids is 2. The lowest BCUT2D eigenvalue weighted by Crippen LogP contribution is -2.23. The van der Waals surface area contributed by atoms with Gasteiger partial charge in [-0.3, -0.25) is 14.6 Å². The predicted octanol–water partition coefficient (Wildman–Crippen LogP) is 3.08. The number of hydrogen-bond acceptors (Lipinski definition) is 6. The number of nitrogens with zero attached hydrogens (tertiary/aromatic N) is 3. The van der Waals surface area contributed by atoms with E-state index in [4.69, 9.17) is 5.73 Å². The van der Waals surface area contributed by atoms with E-state index in [0.29, 0.717) is 23.4 Å². The molecule has 0 aliphatic heterocycles. The van der Waals surface area contributed by atoms with Crippen molar-refractivity contribution in [2.24, 2.45) is 0 Å². The van der Waals surface area contributed by atoms with Crippen LogP contribution in [-0.2, 0) is 6.54 Å². The lowest BCUT2D eigenvalue weighted by Gasteiger charge is -2.11. The molecule has 0 atom stereocenters. The fourth-order valence-electron chi connectivity index (χ4n) is 3.38. The van der Waals surface area contributed by atoms with Crippen molar-refractivity contribution in [2.75, 3.05) is 12.8 Å². The third-order valence-electron chi connectivity index (χ3n) is 5.08. The van der Waals surface area contributed by atoms with E-state index in [9.17, 15) is 9.59 Å². The van der Waals surface area contributed by atoms with Crippen molar-refractivity contribution in [2.45, 2.75) is 6.54 Å². The highest BCUT2D eigenvalue weighted by molar-refractivity contribution is 5.97. The molecule has 2 heterocycles. The zero-order valence-corrected chi connectivity index (χ0v) is 17.9. The van der Waals surface area contributed by atoms with Crippen LogP contribution >= 0.6 is 0 Å². The molecule has 8 nitrogen and oxygen atoms in total. The van der Waals surface area contributed by atoms with Crippen molar-refractivity contribution in [1.29, 1.82) is 0 Å². The summed E-state index contributed by atoms with van der Waals surface area (Å²) in [6.07, 6.45) is 4.47. The van der Waals surface area contributed by atoms with E-state index in [-0.39, 0.29) is 17.4 Å². The number of rotatable bonds is 6. The van der Waals surface area contributed by atoms with Gasteiger partial charge in [-0.25, -0.2) is 9.97 Å². The molecule has 2 aromatic carbocycles. The van der Waals surface area contributed by atoms with Crippen LogP contribution in [-0.4, -0.2) is 33.8 Å². The van der Waals surface area contributed by atoms with E-state index in [1.165, 1.54) is 19.4 Å². The van der Waals surface area contributed by atoms with Crippen molar-refractivity contribution in [3.8, 4) is 22.4 Å². The first kappa shape index (κ1) is 21.6. The Morgan fingerprint density at radius 3 is 2.45 bits per heavy atom. The lowest BCUT2D eigenvalue weighted by atomic mass is 10.00. The van der Waals surface area contributed by atoms with Gasteiger partial charge in [-0.1, -0.05) is 54.6 Å². The molecule has 0 bridgehead atoms. The first-order valence-corrected chi connectivity index (χ1v) is 10.3. The summed E-state index contributed by atoms with van der Waals surface area (Å²) in [5.41, 5.74) is 10.2. The Kier molecular flexibility index (Phi) is 6.36. The van der Waals surface area contributed by atoms with Gasteiger partial charge in [-0.05, 0) is 22.8 Å². The maximum Gasteiger partial charge on any atom is 0.273 e. The van der Waals surface area contributed by atoms with Gasteiger partial charge in [0.25, 0.3) is 11.8 Å². The minimum Gasteiger partial charge on any atom is -0.382 e. The molecular formula is C25H22N6O2. The lowest BCUT2D eigenvalue weighted by molar-refractivity contribution is 0.0945. The highest BCUT2D eigenvalue weighted by Crippen LogP contribution is 2.23. The van der Waals surface area contributed by atoms with Crippen LogP contribution in [0.1, 0.15) is 26.4 Å². The predicted molar refractivity (Wildman–Crippen MR) is 126 cm³/mol.